The van der Waals surface area contributed by atoms with Gasteiger partial charge < -0.3 is 0 Å². The Hall–Kier alpha value is 0.0649. The van der Waals surface area contributed by atoms with Gasteiger partial charge in [0.2, 0.25) is 0 Å². The highest BCUT2D eigenvalue weighted by Crippen LogP contribution is 2.40. The molecule has 0 aromatic rings. The molecule has 0 radical (unpaired) electrons. The monoisotopic (exact) mass is 155 g/mol. The van der Waals surface area contributed by atoms with Gasteiger partial charge in [0.15, 0.2) is 0 Å². The Morgan fingerprint density at radius 1 is 0.636 bits per heavy atom. The van der Waals surface area contributed by atoms with E-state index >= 15 is 0 Å². The van der Waals surface area contributed by atoms with Crippen molar-refractivity contribution in [2.45, 2.75) is 65.8 Å². The molecule has 1 heteroatoms. The minimum Gasteiger partial charge on any atom is -0.189 e. The Labute approximate surface area is 72.7 Å². The maximum atomic E-state index is 2.47. The summed E-state index contributed by atoms with van der Waals surface area (Å²) in [6.45, 7) is 16.6. The van der Waals surface area contributed by atoms with Crippen LogP contribution in [-0.4, -0.2) is 6.15 Å². The summed E-state index contributed by atoms with van der Waals surface area (Å²) in [5.74, 6) is 2.53. The average molecular weight is 155 g/mol. The van der Waals surface area contributed by atoms with Crippen molar-refractivity contribution in [1.29, 1.82) is 0 Å². The van der Waals surface area contributed by atoms with Gasteiger partial charge in [-0.3, -0.25) is 0 Å². The molecular weight excluding hydrogens is 131 g/mol. The highest BCUT2D eigenvalue weighted by Gasteiger charge is 2.28. The van der Waals surface area contributed by atoms with Gasteiger partial charge in [-0.1, -0.05) is 41.5 Å². The standard InChI is InChI=1S/C10H24B/c1-8(2)11(7,9(3)4)10(5)6/h8-10H,1-7H3/q-1. The van der Waals surface area contributed by atoms with Crippen LogP contribution < -0.4 is 0 Å². The Kier molecular flexibility index (Phi) is 3.67. The molecular formula is C10H24B-. The maximum Gasteiger partial charge on any atom is 0.00502 e. The predicted molar refractivity (Wildman–Crippen MR) is 56.9 cm³/mol. The van der Waals surface area contributed by atoms with Gasteiger partial charge in [-0.2, -0.15) is 24.3 Å². The van der Waals surface area contributed by atoms with E-state index in [4.69, 9.17) is 0 Å². The Bertz CT molecular complexity index is 92.3. The van der Waals surface area contributed by atoms with E-state index in [1.807, 2.05) is 0 Å². The zero-order valence-electron chi connectivity index (χ0n) is 9.31. The van der Waals surface area contributed by atoms with E-state index in [1.165, 1.54) is 0 Å². The molecule has 0 rings (SSSR count). The first-order valence-corrected chi connectivity index (χ1v) is 5.04. The lowest BCUT2D eigenvalue weighted by Gasteiger charge is -2.48. The molecule has 0 nitrogen and oxygen atoms in total. The molecule has 0 N–H and O–H groups in total. The van der Waals surface area contributed by atoms with Crippen LogP contribution in [0.1, 0.15) is 41.5 Å². The summed E-state index contributed by atoms with van der Waals surface area (Å²) in [6.07, 6.45) is -0.167. The lowest BCUT2D eigenvalue weighted by molar-refractivity contribution is 0.823. The van der Waals surface area contributed by atoms with Crippen molar-refractivity contribution in [3.8, 4) is 0 Å². The second kappa shape index (κ2) is 3.64. The van der Waals surface area contributed by atoms with Crippen molar-refractivity contribution < 1.29 is 0 Å². The Morgan fingerprint density at radius 3 is 0.818 bits per heavy atom. The normalized spacial score (nSPS) is 13.6. The minimum absolute atomic E-state index is 0.167. The smallest absolute Gasteiger partial charge is 0.00502 e. The van der Waals surface area contributed by atoms with Gasteiger partial charge in [0.25, 0.3) is 0 Å². The Morgan fingerprint density at radius 2 is 0.818 bits per heavy atom. The topological polar surface area (TPSA) is 0 Å². The van der Waals surface area contributed by atoms with Crippen LogP contribution in [0.3, 0.4) is 0 Å². The first-order valence-electron chi connectivity index (χ1n) is 5.04. The van der Waals surface area contributed by atoms with Crippen LogP contribution in [-0.2, 0) is 0 Å². The zero-order chi connectivity index (χ0) is 9.23. The molecule has 0 bridgehead atoms. The van der Waals surface area contributed by atoms with Gasteiger partial charge >= 0.3 is 0 Å². The summed E-state index contributed by atoms with van der Waals surface area (Å²) in [4.78, 5) is 0. The maximum absolute atomic E-state index is 2.47. The molecule has 0 aliphatic heterocycles. The SMILES string of the molecule is CC(C)[B-](C)(C(C)C)C(C)C. The van der Waals surface area contributed by atoms with Crippen molar-refractivity contribution in [3.63, 3.8) is 0 Å². The largest absolute Gasteiger partial charge is 0.189 e. The molecule has 0 saturated carbocycles. The molecule has 0 aromatic heterocycles. The van der Waals surface area contributed by atoms with E-state index < -0.39 is 0 Å². The lowest BCUT2D eigenvalue weighted by atomic mass is 9.11. The van der Waals surface area contributed by atoms with Crippen LogP contribution in [0.15, 0.2) is 0 Å². The molecule has 0 heterocycles. The summed E-state index contributed by atoms with van der Waals surface area (Å²) in [7, 11) is 0. The van der Waals surface area contributed by atoms with Crippen molar-refractivity contribution >= 4 is 6.15 Å². The van der Waals surface area contributed by atoms with Crippen molar-refractivity contribution in [1.82, 2.24) is 0 Å². The molecule has 0 atom stereocenters. The quantitative estimate of drug-likeness (QED) is 0.533. The van der Waals surface area contributed by atoms with Crippen LogP contribution in [0.25, 0.3) is 0 Å². The fourth-order valence-electron chi connectivity index (χ4n) is 2.31. The molecule has 68 valence electrons. The van der Waals surface area contributed by atoms with E-state index in [0.717, 1.165) is 17.5 Å². The van der Waals surface area contributed by atoms with Gasteiger partial charge in [-0.05, 0) is 0 Å². The van der Waals surface area contributed by atoms with E-state index in [2.05, 4.69) is 48.4 Å². The fourth-order valence-corrected chi connectivity index (χ4v) is 2.31. The fraction of sp³-hybridized carbons (Fsp3) is 1.00. The third kappa shape index (κ3) is 2.01. The second-order valence-corrected chi connectivity index (χ2v) is 5.31. The van der Waals surface area contributed by atoms with Crippen LogP contribution in [0.4, 0.5) is 0 Å². The summed E-state index contributed by atoms with van der Waals surface area (Å²) in [5.41, 5.74) is 0. The van der Waals surface area contributed by atoms with Crippen LogP contribution in [0.2, 0.25) is 24.3 Å². The van der Waals surface area contributed by atoms with Gasteiger partial charge in [0.1, 0.15) is 0 Å². The summed E-state index contributed by atoms with van der Waals surface area (Å²) >= 11 is 0. The first-order chi connectivity index (χ1) is 4.83. The average Bonchev–Trinajstić information content (AvgIpc) is 1.84. The molecule has 0 saturated heterocycles. The molecule has 0 aliphatic carbocycles. The molecule has 0 spiro atoms. The summed E-state index contributed by atoms with van der Waals surface area (Å²) < 4.78 is 0. The van der Waals surface area contributed by atoms with Gasteiger partial charge in [0.05, 0.1) is 0 Å². The zero-order valence-corrected chi connectivity index (χ0v) is 9.31. The number of rotatable bonds is 3. The Balaban J connectivity index is 4.53. The number of hydrogen-bond donors (Lipinski definition) is 0. The van der Waals surface area contributed by atoms with Gasteiger partial charge in [-0.15, -0.1) is 0 Å². The third-order valence-electron chi connectivity index (χ3n) is 4.31. The first kappa shape index (κ1) is 11.1. The van der Waals surface area contributed by atoms with Crippen molar-refractivity contribution in [2.24, 2.45) is 0 Å². The minimum atomic E-state index is -0.167. The molecule has 0 unspecified atom stereocenters. The lowest BCUT2D eigenvalue weighted by Crippen LogP contribution is -2.40. The third-order valence-corrected chi connectivity index (χ3v) is 4.31. The molecule has 0 fully saturated rings. The van der Waals surface area contributed by atoms with Crippen LogP contribution in [0.5, 0.6) is 0 Å². The van der Waals surface area contributed by atoms with Crippen LogP contribution in [0, 0.1) is 0 Å². The van der Waals surface area contributed by atoms with Gasteiger partial charge in [0, 0.05) is 6.15 Å². The van der Waals surface area contributed by atoms with E-state index in [-0.39, 0.29) is 6.15 Å². The van der Waals surface area contributed by atoms with E-state index in [9.17, 15) is 0 Å². The van der Waals surface area contributed by atoms with Gasteiger partial charge in [-0.25, -0.2) is 0 Å². The van der Waals surface area contributed by atoms with Crippen molar-refractivity contribution in [3.05, 3.63) is 0 Å². The van der Waals surface area contributed by atoms with E-state index in [0.29, 0.717) is 0 Å². The number of hydrogen-bond acceptors (Lipinski definition) is 0. The molecule has 0 aliphatic rings. The van der Waals surface area contributed by atoms with E-state index in [1.54, 1.807) is 0 Å². The molecule has 0 aromatic carbocycles. The predicted octanol–water partition coefficient (Wildman–Crippen LogP) is 4.30. The molecule has 11 heavy (non-hydrogen) atoms. The van der Waals surface area contributed by atoms with Crippen molar-refractivity contribution in [2.75, 3.05) is 0 Å². The van der Waals surface area contributed by atoms with Crippen LogP contribution >= 0.6 is 0 Å². The summed E-state index contributed by atoms with van der Waals surface area (Å²) in [5, 5.41) is 0. The second-order valence-electron chi connectivity index (χ2n) is 5.31. The highest BCUT2D eigenvalue weighted by molar-refractivity contribution is 6.82. The highest BCUT2D eigenvalue weighted by atomic mass is 14.1. The summed E-state index contributed by atoms with van der Waals surface area (Å²) in [6, 6.07) is 0. The molecule has 0 amide bonds.